The molecule has 1 aliphatic rings. The van der Waals surface area contributed by atoms with E-state index in [0.29, 0.717) is 17.8 Å². The zero-order valence-corrected chi connectivity index (χ0v) is 43.8. The normalized spacial score (nSPS) is 13.6. The topological polar surface area (TPSA) is 56.5 Å². The number of nitrogens with zero attached hydrogens (tertiary/aromatic N) is 3. The van der Waals surface area contributed by atoms with Crippen LogP contribution in [-0.4, -0.2) is 13.1 Å². The van der Waals surface area contributed by atoms with Crippen LogP contribution in [0.25, 0.3) is 71.6 Å². The first-order chi connectivity index (χ1) is 32.3. The number of pyridine rings is 1. The van der Waals surface area contributed by atoms with Crippen LogP contribution in [0.15, 0.2) is 161 Å². The van der Waals surface area contributed by atoms with Gasteiger partial charge in [-0.25, -0.2) is 0 Å². The van der Waals surface area contributed by atoms with Gasteiger partial charge < -0.3 is 24.0 Å². The van der Waals surface area contributed by atoms with E-state index in [4.69, 9.17) is 19.1 Å². The van der Waals surface area contributed by atoms with Crippen LogP contribution in [0.4, 0.5) is 17.1 Å². The monoisotopic (exact) mass is 1090 g/mol. The minimum atomic E-state index is -1.44. The van der Waals surface area contributed by atoms with Crippen LogP contribution in [-0.2, 0) is 26.5 Å². The molecule has 0 saturated heterocycles. The van der Waals surface area contributed by atoms with E-state index in [0.717, 1.165) is 78.5 Å². The van der Waals surface area contributed by atoms with Crippen LogP contribution in [0.5, 0.6) is 0 Å². The predicted molar refractivity (Wildman–Crippen MR) is 284 cm³/mol. The summed E-state index contributed by atoms with van der Waals surface area (Å²) in [4.78, 5) is 7.30. The molecule has 3 aromatic heterocycles. The largest absolute Gasteiger partial charge is 3.00 e. The molecular formula is C61H58IrN3O2Si. The van der Waals surface area contributed by atoms with Crippen LogP contribution in [0.1, 0.15) is 81.8 Å². The van der Waals surface area contributed by atoms with Crippen LogP contribution < -0.4 is 10.1 Å². The summed E-state index contributed by atoms with van der Waals surface area (Å²) in [5, 5.41) is 11.2. The number of fused-ring (bicyclic) bond motifs is 7. The average molecular weight is 1090 g/mol. The summed E-state index contributed by atoms with van der Waals surface area (Å²) >= 11 is 0. The second-order valence-corrected chi connectivity index (χ2v) is 25.1. The molecule has 0 radical (unpaired) electrons. The van der Waals surface area contributed by atoms with Gasteiger partial charge in [0.15, 0.2) is 0 Å². The van der Waals surface area contributed by atoms with E-state index in [1.54, 1.807) is 0 Å². The van der Waals surface area contributed by atoms with E-state index in [9.17, 15) is 0 Å². The number of rotatable bonds is 9. The van der Waals surface area contributed by atoms with Crippen LogP contribution in [0.2, 0.25) is 19.6 Å². The number of anilines is 2. The molecule has 0 fully saturated rings. The van der Waals surface area contributed by atoms with Crippen LogP contribution >= 0.6 is 0 Å². The Labute approximate surface area is 416 Å². The number of benzene rings is 7. The first kappa shape index (κ1) is 46.8. The fourth-order valence-electron chi connectivity index (χ4n) is 9.82. The molecule has 342 valence electrons. The summed E-state index contributed by atoms with van der Waals surface area (Å²) in [7, 11) is -1.44. The van der Waals surface area contributed by atoms with Gasteiger partial charge in [0.25, 0.3) is 0 Å². The Morgan fingerprint density at radius 2 is 1.28 bits per heavy atom. The summed E-state index contributed by atoms with van der Waals surface area (Å²) in [5.41, 5.74) is 16.5. The number of para-hydroxylation sites is 4. The Hall–Kier alpha value is -6.24. The zero-order valence-electron chi connectivity index (χ0n) is 40.4. The van der Waals surface area contributed by atoms with Crippen molar-refractivity contribution in [2.75, 3.05) is 4.90 Å². The summed E-state index contributed by atoms with van der Waals surface area (Å²) in [5.74, 6) is 1.27. The molecule has 0 N–H and O–H groups in total. The van der Waals surface area contributed by atoms with Crippen molar-refractivity contribution in [3.05, 3.63) is 191 Å². The molecule has 1 atom stereocenters. The Morgan fingerprint density at radius 3 is 1.96 bits per heavy atom. The first-order valence-electron chi connectivity index (χ1n) is 23.8. The molecule has 0 bridgehead atoms. The molecule has 0 saturated carbocycles. The van der Waals surface area contributed by atoms with Gasteiger partial charge in [-0.15, -0.1) is 30.0 Å². The van der Waals surface area contributed by atoms with Crippen LogP contribution in [0, 0.1) is 18.1 Å². The second-order valence-electron chi connectivity index (χ2n) is 20.1. The Bertz CT molecular complexity index is 3390. The molecule has 68 heavy (non-hydrogen) atoms. The van der Waals surface area contributed by atoms with Gasteiger partial charge >= 0.3 is 20.1 Å². The van der Waals surface area contributed by atoms with E-state index >= 15 is 0 Å². The molecule has 1 aliphatic heterocycles. The number of furan rings is 2. The van der Waals surface area contributed by atoms with Crippen molar-refractivity contribution in [3.8, 4) is 22.4 Å². The number of aromatic nitrogens is 1. The van der Waals surface area contributed by atoms with E-state index in [2.05, 4.69) is 194 Å². The Kier molecular flexibility index (Phi) is 13.1. The fraction of sp³-hybridized carbons (Fsp3) is 0.230. The standard InChI is InChI=1S/C37H32N2O.C24H26NOSi.Ir/c1-23(2)29-21-27(25-12-6-5-7-13-25)22-30(24(3)4)36(29)39-33-16-10-9-15-32(33)38-37(39)26-18-19-35-31(20-26)28-14-8-11-17-34(28)40-35;1-16(2)13-17-14-21(25-15-23(17)27(3,4)5)20-11-8-10-19-18-9-6-7-12-22(18)26-24(19)20;/h5-17,19-24,37H,1-4H3;6-10,12,14-16H,13H2,1-5H3;/q-2;-1;+3. The third kappa shape index (κ3) is 8.84. The third-order valence-electron chi connectivity index (χ3n) is 13.0. The van der Waals surface area contributed by atoms with Gasteiger partial charge in [-0.3, -0.25) is 0 Å². The first-order valence-corrected chi connectivity index (χ1v) is 27.3. The van der Waals surface area contributed by atoms with Gasteiger partial charge in [-0.2, -0.15) is 17.7 Å². The molecule has 0 spiro atoms. The van der Waals surface area contributed by atoms with Gasteiger partial charge in [-0.1, -0.05) is 174 Å². The smallest absolute Gasteiger partial charge is 0.661 e. The molecule has 10 aromatic rings. The molecule has 0 aliphatic carbocycles. The minimum Gasteiger partial charge on any atom is -0.661 e. The summed E-state index contributed by atoms with van der Waals surface area (Å²) in [6.07, 6.45) is 2.95. The van der Waals surface area contributed by atoms with Crippen molar-refractivity contribution in [2.45, 2.75) is 85.6 Å². The fourth-order valence-corrected chi connectivity index (χ4v) is 11.4. The molecule has 1 unspecified atom stereocenters. The van der Waals surface area contributed by atoms with Crippen molar-refractivity contribution in [2.24, 2.45) is 5.92 Å². The van der Waals surface area contributed by atoms with Gasteiger partial charge in [0, 0.05) is 33.9 Å². The van der Waals surface area contributed by atoms with E-state index in [1.165, 1.54) is 38.7 Å². The third-order valence-corrected chi connectivity index (χ3v) is 15.1. The maximum atomic E-state index is 6.19. The molecule has 4 heterocycles. The Balaban J connectivity index is 0.000000180. The van der Waals surface area contributed by atoms with Gasteiger partial charge in [0.1, 0.15) is 11.2 Å². The number of hydrogen-bond acceptors (Lipinski definition) is 4. The van der Waals surface area contributed by atoms with Crippen molar-refractivity contribution in [1.29, 1.82) is 0 Å². The summed E-state index contributed by atoms with van der Waals surface area (Å²) < 4.78 is 12.3. The maximum Gasteiger partial charge on any atom is 3.00 e. The maximum absolute atomic E-state index is 6.19. The van der Waals surface area contributed by atoms with Crippen molar-refractivity contribution >= 4 is 74.2 Å². The van der Waals surface area contributed by atoms with Gasteiger partial charge in [-0.05, 0) is 93.8 Å². The second kappa shape index (κ2) is 19.0. The predicted octanol–water partition coefficient (Wildman–Crippen LogP) is 17.3. The molecule has 11 rings (SSSR count). The quantitative estimate of drug-likeness (QED) is 0.107. The SMILES string of the molecule is CC(C)Cc1cc(-c2[c-]ccc3c2oc2ccccc23)ncc1[Si](C)(C)C.CC(C)c1cc(-c2ccccc2)cc(C(C)C)c1N1c2ccccc2[N-]C1c1[c-]cc2oc3ccccc3c2c1.[Ir+3]. The summed E-state index contributed by atoms with van der Waals surface area (Å²) in [6.45, 7) is 20.9. The molecule has 5 nitrogen and oxygen atoms in total. The Morgan fingerprint density at radius 1 is 0.647 bits per heavy atom. The number of hydrogen-bond donors (Lipinski definition) is 0. The van der Waals surface area contributed by atoms with Crippen molar-refractivity contribution in [1.82, 2.24) is 4.98 Å². The van der Waals surface area contributed by atoms with Gasteiger partial charge in [0.2, 0.25) is 0 Å². The summed E-state index contributed by atoms with van der Waals surface area (Å²) in [6, 6.07) is 57.9. The van der Waals surface area contributed by atoms with E-state index in [-0.39, 0.29) is 26.3 Å². The molecule has 7 heteroatoms. The van der Waals surface area contributed by atoms with E-state index < -0.39 is 8.07 Å². The minimum absolute atomic E-state index is 0. The van der Waals surface area contributed by atoms with E-state index in [1.807, 2.05) is 36.4 Å². The van der Waals surface area contributed by atoms with Crippen LogP contribution in [0.3, 0.4) is 0 Å². The molecule has 0 amide bonds. The molecular weight excluding hydrogens is 1030 g/mol. The van der Waals surface area contributed by atoms with Gasteiger partial charge in [0.05, 0.1) is 13.7 Å². The average Bonchev–Trinajstić information content (AvgIpc) is 4.02. The molecule has 7 aromatic carbocycles. The van der Waals surface area contributed by atoms with Crippen molar-refractivity contribution < 1.29 is 28.9 Å². The van der Waals surface area contributed by atoms with Crippen molar-refractivity contribution in [3.63, 3.8) is 0 Å². The zero-order chi connectivity index (χ0) is 46.6.